The maximum absolute atomic E-state index is 7.17. The van der Waals surface area contributed by atoms with E-state index in [-0.39, 0.29) is 6.04 Å². The second-order valence-corrected chi connectivity index (χ2v) is 19.4. The predicted octanol–water partition coefficient (Wildman–Crippen LogP) is 15.3. The van der Waals surface area contributed by atoms with E-state index in [1.54, 1.807) is 0 Å². The number of hydrogen-bond acceptors (Lipinski definition) is 3. The van der Waals surface area contributed by atoms with Gasteiger partial charge in [0.1, 0.15) is 11.3 Å². The van der Waals surface area contributed by atoms with Crippen LogP contribution in [-0.2, 0) is 6.42 Å². The summed E-state index contributed by atoms with van der Waals surface area (Å²) in [6.07, 6.45) is 9.15. The lowest BCUT2D eigenvalue weighted by Gasteiger charge is -2.46. The third-order valence-electron chi connectivity index (χ3n) is 11.6. The molecule has 10 rings (SSSR count). The highest BCUT2D eigenvalue weighted by Gasteiger charge is 2.43. The molecule has 59 heavy (non-hydrogen) atoms. The van der Waals surface area contributed by atoms with Crippen molar-refractivity contribution in [1.82, 2.24) is 0 Å². The van der Waals surface area contributed by atoms with Gasteiger partial charge in [-0.3, -0.25) is 0 Å². The predicted molar refractivity (Wildman–Crippen MR) is 249 cm³/mol. The van der Waals surface area contributed by atoms with Gasteiger partial charge in [-0.15, -0.1) is 10.0 Å². The fraction of sp³-hybridized carbons (Fsp3) is 0.0909. The van der Waals surface area contributed by atoms with Gasteiger partial charge in [0, 0.05) is 52.5 Å². The number of hydrogen-bond donors (Lipinski definition) is 0. The Morgan fingerprint density at radius 2 is 1.14 bits per heavy atom. The number of rotatable bonds is 10. The van der Waals surface area contributed by atoms with Gasteiger partial charge in [-0.2, -0.15) is 0 Å². The average Bonchev–Trinajstić information content (AvgIpc) is 3.68. The first-order valence-corrected chi connectivity index (χ1v) is 22.9. The van der Waals surface area contributed by atoms with Crippen molar-refractivity contribution in [2.45, 2.75) is 50.3 Å². The largest absolute Gasteiger partial charge is 0.455 e. The molecule has 1 aromatic heterocycles. The highest BCUT2D eigenvalue weighted by atomic mass is 32.3. The molecule has 2 aliphatic carbocycles. The number of furan rings is 1. The monoisotopic (exact) mass is 799 g/mol. The van der Waals surface area contributed by atoms with E-state index in [0.29, 0.717) is 5.92 Å². The van der Waals surface area contributed by atoms with Gasteiger partial charge in [-0.1, -0.05) is 158 Å². The molecular weight excluding hydrogens is 755 g/mol. The van der Waals surface area contributed by atoms with Gasteiger partial charge >= 0.3 is 0 Å². The van der Waals surface area contributed by atoms with Gasteiger partial charge < -0.3 is 9.32 Å². The molecule has 7 aromatic carbocycles. The van der Waals surface area contributed by atoms with Crippen LogP contribution in [-0.4, -0.2) is 6.04 Å². The Morgan fingerprint density at radius 1 is 0.593 bits per heavy atom. The van der Waals surface area contributed by atoms with Crippen LogP contribution >= 0.6 is 21.8 Å². The van der Waals surface area contributed by atoms with Crippen LogP contribution < -0.4 is 4.90 Å². The topological polar surface area (TPSA) is 16.4 Å². The van der Waals surface area contributed by atoms with Crippen LogP contribution in [0.2, 0.25) is 0 Å². The molecule has 2 unspecified atom stereocenters. The molecular formula is C55H45NOS2. The Labute approximate surface area is 353 Å². The summed E-state index contributed by atoms with van der Waals surface area (Å²) >= 11 is 1.83. The van der Waals surface area contributed by atoms with E-state index >= 15 is 0 Å². The lowest BCUT2D eigenvalue weighted by atomic mass is 9.84. The highest BCUT2D eigenvalue weighted by Crippen LogP contribution is 2.77. The molecule has 2 aliphatic rings. The summed E-state index contributed by atoms with van der Waals surface area (Å²) in [6.45, 7) is 2.38. The minimum atomic E-state index is -2.11. The van der Waals surface area contributed by atoms with E-state index in [1.807, 2.05) is 11.8 Å². The fourth-order valence-corrected chi connectivity index (χ4v) is 14.1. The molecule has 8 aromatic rings. The molecule has 0 fully saturated rings. The van der Waals surface area contributed by atoms with E-state index in [1.165, 1.54) is 62.9 Å². The summed E-state index contributed by atoms with van der Waals surface area (Å²) in [7, 11) is -2.11. The number of nitrogens with zero attached hydrogens (tertiary/aromatic N) is 1. The van der Waals surface area contributed by atoms with E-state index < -0.39 is 10.0 Å². The lowest BCUT2D eigenvalue weighted by Crippen LogP contribution is -2.38. The van der Waals surface area contributed by atoms with Crippen LogP contribution in [0.4, 0.5) is 5.69 Å². The zero-order valence-electron chi connectivity index (χ0n) is 33.0. The van der Waals surface area contributed by atoms with Gasteiger partial charge in [-0.05, 0) is 102 Å². The van der Waals surface area contributed by atoms with Gasteiger partial charge in [0.15, 0.2) is 0 Å². The van der Waals surface area contributed by atoms with Crippen molar-refractivity contribution in [2.24, 2.45) is 5.92 Å². The van der Waals surface area contributed by atoms with E-state index in [4.69, 9.17) is 4.42 Å². The van der Waals surface area contributed by atoms with Crippen molar-refractivity contribution in [3.63, 3.8) is 0 Å². The SMILES string of the molecule is CC1CC=CC(N(c2ccccc2Sc2ccccc2)C2C=C(S(c3ccccc3)(c3ccccc3)c3ccccc3)c3oc4ccccc4c3C2)=C1c1ccccc1. The quantitative estimate of drug-likeness (QED) is 0.137. The number of benzene rings is 7. The third kappa shape index (κ3) is 6.77. The van der Waals surface area contributed by atoms with E-state index in [0.717, 1.165) is 24.2 Å². The molecule has 288 valence electrons. The summed E-state index contributed by atoms with van der Waals surface area (Å²) in [5.41, 5.74) is 7.26. The van der Waals surface area contributed by atoms with Crippen molar-refractivity contribution < 1.29 is 4.42 Å². The zero-order valence-corrected chi connectivity index (χ0v) is 34.7. The first-order chi connectivity index (χ1) is 29.2. The van der Waals surface area contributed by atoms with Crippen LogP contribution in [0, 0.1) is 5.92 Å². The first-order valence-electron chi connectivity index (χ1n) is 20.5. The summed E-state index contributed by atoms with van der Waals surface area (Å²) in [4.78, 5) is 10.2. The number of fused-ring (bicyclic) bond motifs is 3. The minimum absolute atomic E-state index is 0.0669. The van der Waals surface area contributed by atoms with E-state index in [9.17, 15) is 0 Å². The minimum Gasteiger partial charge on any atom is -0.455 e. The highest BCUT2D eigenvalue weighted by molar-refractivity contribution is 8.41. The molecule has 0 aliphatic heterocycles. The van der Waals surface area contributed by atoms with Gasteiger partial charge in [0.05, 0.1) is 11.7 Å². The maximum Gasteiger partial charge on any atom is 0.144 e. The molecule has 0 spiro atoms. The van der Waals surface area contributed by atoms with Crippen molar-refractivity contribution in [3.8, 4) is 0 Å². The fourth-order valence-electron chi connectivity index (χ4n) is 9.04. The van der Waals surface area contributed by atoms with Crippen LogP contribution in [0.1, 0.15) is 30.2 Å². The molecule has 0 N–H and O–H groups in total. The molecule has 4 heteroatoms. The van der Waals surface area contributed by atoms with Crippen LogP contribution in [0.25, 0.3) is 21.4 Å². The normalized spacial score (nSPS) is 16.7. The zero-order chi connectivity index (χ0) is 39.6. The molecule has 0 bridgehead atoms. The Bertz CT molecular complexity index is 2710. The number of allylic oxidation sites excluding steroid dienone is 3. The molecule has 2 nitrogen and oxygen atoms in total. The van der Waals surface area contributed by atoms with Crippen LogP contribution in [0.15, 0.2) is 253 Å². The molecule has 0 saturated carbocycles. The Kier molecular flexibility index (Phi) is 10.2. The third-order valence-corrected chi connectivity index (χ3v) is 16.6. The smallest absolute Gasteiger partial charge is 0.144 e. The summed E-state index contributed by atoms with van der Waals surface area (Å²) in [5, 5.41) is 1.18. The Morgan fingerprint density at radius 3 is 1.78 bits per heavy atom. The Balaban J connectivity index is 1.31. The van der Waals surface area contributed by atoms with Crippen molar-refractivity contribution in [1.29, 1.82) is 0 Å². The van der Waals surface area contributed by atoms with Gasteiger partial charge in [0.25, 0.3) is 0 Å². The summed E-state index contributed by atoms with van der Waals surface area (Å²) < 4.78 is 7.17. The first kappa shape index (κ1) is 37.1. The average molecular weight is 800 g/mol. The van der Waals surface area contributed by atoms with Crippen molar-refractivity contribution in [2.75, 3.05) is 4.90 Å². The maximum atomic E-state index is 7.17. The van der Waals surface area contributed by atoms with Crippen LogP contribution in [0.3, 0.4) is 0 Å². The van der Waals surface area contributed by atoms with Crippen LogP contribution in [0.5, 0.6) is 0 Å². The standard InChI is InChI=1S/C55H45NOS2/c1-40-22-21-35-50(54(40)41-23-7-2-8-24-41)56(49-34-18-20-37-52(49)58-43-25-9-3-10-26-43)42-38-48-47-33-17-19-36-51(47)57-55(48)53(39-42)59(44-27-11-4-12-28-44,45-29-13-5-14-30-45)46-31-15-6-16-32-46/h2-21,23-37,39-40,42H,22,38H2,1H3. The number of para-hydroxylation sites is 2. The second-order valence-electron chi connectivity index (χ2n) is 15.2. The second kappa shape index (κ2) is 16.2. The molecule has 0 radical (unpaired) electrons. The lowest BCUT2D eigenvalue weighted by molar-refractivity contribution is 0.586. The van der Waals surface area contributed by atoms with Crippen molar-refractivity contribution >= 4 is 48.9 Å². The number of anilines is 1. The molecule has 0 saturated heterocycles. The molecule has 2 atom stereocenters. The van der Waals surface area contributed by atoms with Gasteiger partial charge in [-0.25, -0.2) is 0 Å². The summed E-state index contributed by atoms with van der Waals surface area (Å²) in [5.74, 6) is 1.32. The van der Waals surface area contributed by atoms with Gasteiger partial charge in [0.2, 0.25) is 0 Å². The van der Waals surface area contributed by atoms with E-state index in [2.05, 4.69) is 230 Å². The Hall–Kier alpha value is -6.20. The molecule has 1 heterocycles. The van der Waals surface area contributed by atoms with Crippen molar-refractivity contribution in [3.05, 3.63) is 241 Å². The molecule has 0 amide bonds. The summed E-state index contributed by atoms with van der Waals surface area (Å²) in [6, 6.07) is 72.9.